The van der Waals surface area contributed by atoms with E-state index in [2.05, 4.69) is 4.99 Å². The van der Waals surface area contributed by atoms with Crippen LogP contribution in [0.25, 0.3) is 10.2 Å². The first kappa shape index (κ1) is 27.3. The number of carbonyl (C=O) groups is 4. The highest BCUT2D eigenvalue weighted by molar-refractivity contribution is 7.92. The van der Waals surface area contributed by atoms with Crippen LogP contribution < -0.4 is 4.80 Å². The highest BCUT2D eigenvalue weighted by Gasteiger charge is 2.28. The van der Waals surface area contributed by atoms with Gasteiger partial charge >= 0.3 is 12.1 Å². The summed E-state index contributed by atoms with van der Waals surface area (Å²) in [5.41, 5.74) is 1.06. The molecule has 1 aliphatic heterocycles. The molecule has 3 amide bonds. The lowest BCUT2D eigenvalue weighted by atomic mass is 10.2. The zero-order valence-electron chi connectivity index (χ0n) is 20.3. The number of rotatable bonds is 7. The number of hydrogen-bond donors (Lipinski definition) is 0. The summed E-state index contributed by atoms with van der Waals surface area (Å²) in [5, 5.41) is 0. The number of piperazine rings is 1. The summed E-state index contributed by atoms with van der Waals surface area (Å²) in [6.07, 6.45) is -0.476. The minimum Gasteiger partial charge on any atom is -0.462 e. The fourth-order valence-corrected chi connectivity index (χ4v) is 5.77. The van der Waals surface area contributed by atoms with E-state index < -0.39 is 45.2 Å². The minimum atomic E-state index is -4.06. The molecule has 1 fully saturated rings. The van der Waals surface area contributed by atoms with Crippen molar-refractivity contribution in [2.45, 2.75) is 13.8 Å². The molecule has 1 aliphatic rings. The van der Waals surface area contributed by atoms with Crippen LogP contribution in [-0.4, -0.2) is 97.6 Å². The number of sulfone groups is 1. The second kappa shape index (κ2) is 11.6. The average Bonchev–Trinajstić information content (AvgIpc) is 3.13. The van der Waals surface area contributed by atoms with Crippen LogP contribution in [0, 0.1) is 0 Å². The molecule has 1 aromatic carbocycles. The summed E-state index contributed by atoms with van der Waals surface area (Å²) in [6, 6.07) is 4.92. The molecule has 0 N–H and O–H groups in total. The van der Waals surface area contributed by atoms with Crippen molar-refractivity contribution >= 4 is 55.3 Å². The van der Waals surface area contributed by atoms with Gasteiger partial charge in [-0.2, -0.15) is 4.99 Å². The third-order valence-electron chi connectivity index (χ3n) is 5.39. The fraction of sp³-hybridized carbons (Fsp3) is 0.500. The molecule has 2 aromatic rings. The molecule has 0 spiro atoms. The molecule has 14 heteroatoms. The van der Waals surface area contributed by atoms with Crippen molar-refractivity contribution in [1.29, 1.82) is 0 Å². The molecule has 0 radical (unpaired) electrons. The van der Waals surface area contributed by atoms with Gasteiger partial charge in [0.1, 0.15) is 11.5 Å². The van der Waals surface area contributed by atoms with Crippen LogP contribution in [0.4, 0.5) is 4.79 Å². The zero-order valence-corrected chi connectivity index (χ0v) is 21.9. The number of nitrogens with zero attached hydrogens (tertiary/aromatic N) is 4. The SMILES string of the molecule is CCOC(=O)c1ccc2c(c1)sc(=NC(=O)CS(=O)(=O)CC(=O)N1CCN(C(=O)OCC)CC1)n2C. The molecular formula is C22H28N4O8S2. The van der Waals surface area contributed by atoms with Gasteiger partial charge in [0.05, 0.1) is 29.0 Å². The van der Waals surface area contributed by atoms with E-state index in [0.717, 1.165) is 11.3 Å². The van der Waals surface area contributed by atoms with Crippen LogP contribution in [-0.2, 0) is 35.9 Å². The maximum absolute atomic E-state index is 12.5. The molecule has 3 rings (SSSR count). The van der Waals surface area contributed by atoms with Crippen LogP contribution in [0.1, 0.15) is 24.2 Å². The Balaban J connectivity index is 1.64. The molecule has 1 aromatic heterocycles. The average molecular weight is 541 g/mol. The molecule has 0 bridgehead atoms. The van der Waals surface area contributed by atoms with E-state index in [0.29, 0.717) is 15.8 Å². The second-order valence-electron chi connectivity index (χ2n) is 7.95. The number of ether oxygens (including phenoxy) is 2. The Morgan fingerprint density at radius 1 is 0.972 bits per heavy atom. The zero-order chi connectivity index (χ0) is 26.5. The van der Waals surface area contributed by atoms with E-state index in [1.165, 1.54) is 9.80 Å². The van der Waals surface area contributed by atoms with E-state index >= 15 is 0 Å². The standard InChI is InChI=1S/C22H28N4O8S2/c1-4-33-20(29)15-6-7-16-17(12-15)35-21(24(16)3)23-18(27)13-36(31,32)14-19(28)25-8-10-26(11-9-25)22(30)34-5-2/h6-7,12H,4-5,8-11,13-14H2,1-3H3. The Morgan fingerprint density at radius 2 is 1.61 bits per heavy atom. The maximum atomic E-state index is 12.5. The number of benzene rings is 1. The second-order valence-corrected chi connectivity index (χ2v) is 11.0. The fourth-order valence-electron chi connectivity index (χ4n) is 3.59. The van der Waals surface area contributed by atoms with Crippen molar-refractivity contribution in [3.63, 3.8) is 0 Å². The van der Waals surface area contributed by atoms with Crippen molar-refractivity contribution in [2.75, 3.05) is 50.9 Å². The van der Waals surface area contributed by atoms with Gasteiger partial charge in [-0.3, -0.25) is 9.59 Å². The van der Waals surface area contributed by atoms with Gasteiger partial charge in [-0.05, 0) is 32.0 Å². The quantitative estimate of drug-likeness (QED) is 0.463. The lowest BCUT2D eigenvalue weighted by molar-refractivity contribution is -0.130. The first-order valence-electron chi connectivity index (χ1n) is 11.3. The largest absolute Gasteiger partial charge is 0.462 e. The monoisotopic (exact) mass is 540 g/mol. The summed E-state index contributed by atoms with van der Waals surface area (Å²) in [5.74, 6) is -3.74. The lowest BCUT2D eigenvalue weighted by Crippen LogP contribution is -2.52. The highest BCUT2D eigenvalue weighted by atomic mass is 32.2. The van der Waals surface area contributed by atoms with E-state index in [-0.39, 0.29) is 44.2 Å². The predicted octanol–water partition coefficient (Wildman–Crippen LogP) is 0.559. The molecular weight excluding hydrogens is 512 g/mol. The summed E-state index contributed by atoms with van der Waals surface area (Å²) in [6.45, 7) is 4.71. The lowest BCUT2D eigenvalue weighted by Gasteiger charge is -2.34. The van der Waals surface area contributed by atoms with Gasteiger partial charge in [-0.1, -0.05) is 11.3 Å². The van der Waals surface area contributed by atoms with Gasteiger partial charge in [0.15, 0.2) is 14.6 Å². The van der Waals surface area contributed by atoms with Gasteiger partial charge < -0.3 is 23.8 Å². The highest BCUT2D eigenvalue weighted by Crippen LogP contribution is 2.19. The summed E-state index contributed by atoms with van der Waals surface area (Å²) in [4.78, 5) is 55.6. The van der Waals surface area contributed by atoms with E-state index in [1.807, 2.05) is 0 Å². The first-order chi connectivity index (χ1) is 17.0. The van der Waals surface area contributed by atoms with Gasteiger partial charge in [0.25, 0.3) is 5.91 Å². The molecule has 36 heavy (non-hydrogen) atoms. The smallest absolute Gasteiger partial charge is 0.409 e. The van der Waals surface area contributed by atoms with Gasteiger partial charge in [0.2, 0.25) is 5.91 Å². The normalized spacial score (nSPS) is 14.7. The van der Waals surface area contributed by atoms with Gasteiger partial charge in [0, 0.05) is 33.2 Å². The van der Waals surface area contributed by atoms with Crippen LogP contribution in [0.15, 0.2) is 23.2 Å². The number of carbonyl (C=O) groups excluding carboxylic acids is 4. The van der Waals surface area contributed by atoms with Gasteiger partial charge in [-0.25, -0.2) is 18.0 Å². The Bertz CT molecular complexity index is 1340. The predicted molar refractivity (Wildman–Crippen MR) is 131 cm³/mol. The number of esters is 1. The number of thiazole rings is 1. The number of aryl methyl sites for hydroxylation is 1. The number of hydrogen-bond acceptors (Lipinski definition) is 9. The van der Waals surface area contributed by atoms with E-state index in [9.17, 15) is 27.6 Å². The summed E-state index contributed by atoms with van der Waals surface area (Å²) in [7, 11) is -2.39. The Labute approximate surface area is 212 Å². The summed E-state index contributed by atoms with van der Waals surface area (Å²) >= 11 is 1.13. The Morgan fingerprint density at radius 3 is 2.25 bits per heavy atom. The molecule has 2 heterocycles. The van der Waals surface area contributed by atoms with Crippen LogP contribution in [0.3, 0.4) is 0 Å². The van der Waals surface area contributed by atoms with Crippen molar-refractivity contribution in [1.82, 2.24) is 14.4 Å². The number of fused-ring (bicyclic) bond motifs is 1. The molecule has 0 saturated carbocycles. The Hall–Kier alpha value is -3.26. The third kappa shape index (κ3) is 6.69. The van der Waals surface area contributed by atoms with Crippen molar-refractivity contribution in [3.05, 3.63) is 28.6 Å². The Kier molecular flexibility index (Phi) is 8.84. The third-order valence-corrected chi connectivity index (χ3v) is 7.85. The van der Waals surface area contributed by atoms with Crippen LogP contribution in [0.2, 0.25) is 0 Å². The van der Waals surface area contributed by atoms with E-state index in [1.54, 1.807) is 43.7 Å². The molecule has 0 aliphatic carbocycles. The van der Waals surface area contributed by atoms with Crippen molar-refractivity contribution in [3.8, 4) is 0 Å². The molecule has 0 unspecified atom stereocenters. The van der Waals surface area contributed by atoms with Gasteiger partial charge in [-0.15, -0.1) is 0 Å². The molecule has 0 atom stereocenters. The minimum absolute atomic E-state index is 0.177. The summed E-state index contributed by atoms with van der Waals surface area (Å²) < 4.78 is 37.2. The van der Waals surface area contributed by atoms with E-state index in [4.69, 9.17) is 9.47 Å². The van der Waals surface area contributed by atoms with Crippen molar-refractivity contribution in [2.24, 2.45) is 12.0 Å². The maximum Gasteiger partial charge on any atom is 0.409 e. The van der Waals surface area contributed by atoms with Crippen molar-refractivity contribution < 1.29 is 37.1 Å². The molecule has 196 valence electrons. The van der Waals surface area contributed by atoms with Crippen LogP contribution >= 0.6 is 11.3 Å². The first-order valence-corrected chi connectivity index (χ1v) is 13.9. The van der Waals surface area contributed by atoms with Crippen LogP contribution in [0.5, 0.6) is 0 Å². The molecule has 1 saturated heterocycles. The number of amides is 3. The topological polar surface area (TPSA) is 145 Å². The number of aromatic nitrogens is 1. The molecule has 12 nitrogen and oxygen atoms in total.